The van der Waals surface area contributed by atoms with Crippen LogP contribution in [0.4, 0.5) is 0 Å². The van der Waals surface area contributed by atoms with E-state index in [4.69, 9.17) is 4.74 Å². The van der Waals surface area contributed by atoms with Crippen LogP contribution in [0.15, 0.2) is 59.1 Å². The van der Waals surface area contributed by atoms with Gasteiger partial charge in [-0.3, -0.25) is 0 Å². The molecule has 0 saturated carbocycles. The molecule has 0 fully saturated rings. The number of fused-ring (bicyclic) bond motifs is 1. The highest BCUT2D eigenvalue weighted by molar-refractivity contribution is 9.10. The summed E-state index contributed by atoms with van der Waals surface area (Å²) in [5.74, 6) is 0.882. The predicted octanol–water partition coefficient (Wildman–Crippen LogP) is 5.80. The molecule has 0 atom stereocenters. The van der Waals surface area contributed by atoms with Gasteiger partial charge in [-0.25, -0.2) is 0 Å². The maximum atomic E-state index is 5.99. The normalized spacial score (nSPS) is 10.8. The minimum atomic E-state index is 0.583. The molecule has 0 heterocycles. The average molecular weight is 341 g/mol. The highest BCUT2D eigenvalue weighted by atomic mass is 79.9. The minimum Gasteiger partial charge on any atom is -0.488 e. The maximum absolute atomic E-state index is 5.99. The van der Waals surface area contributed by atoms with E-state index in [-0.39, 0.29) is 0 Å². The molecule has 0 aromatic heterocycles. The van der Waals surface area contributed by atoms with Crippen LogP contribution in [-0.4, -0.2) is 0 Å². The zero-order valence-corrected chi connectivity index (χ0v) is 13.8. The molecule has 0 N–H and O–H groups in total. The van der Waals surface area contributed by atoms with Crippen molar-refractivity contribution in [2.24, 2.45) is 0 Å². The molecule has 0 aliphatic carbocycles. The minimum absolute atomic E-state index is 0.583. The van der Waals surface area contributed by atoms with E-state index in [1.165, 1.54) is 27.5 Å². The summed E-state index contributed by atoms with van der Waals surface area (Å²) in [6.45, 7) is 4.81. The molecule has 0 aliphatic rings. The van der Waals surface area contributed by atoms with Crippen molar-refractivity contribution in [2.45, 2.75) is 20.5 Å². The number of halogens is 1. The second kappa shape index (κ2) is 5.90. The molecule has 21 heavy (non-hydrogen) atoms. The summed E-state index contributed by atoms with van der Waals surface area (Å²) < 4.78 is 7.01. The Morgan fingerprint density at radius 1 is 0.905 bits per heavy atom. The fourth-order valence-corrected chi connectivity index (χ4v) is 3.25. The molecule has 1 nitrogen and oxygen atoms in total. The number of hydrogen-bond donors (Lipinski definition) is 0. The standard InChI is InChI=1S/C19H17BrO/c1-13-9-14(2)11-15(10-13)12-21-18-8-7-16-5-3-4-6-17(16)19(18)20/h3-11H,12H2,1-2H3. The molecule has 3 rings (SSSR count). The summed E-state index contributed by atoms with van der Waals surface area (Å²) in [5, 5.41) is 2.39. The van der Waals surface area contributed by atoms with Crippen LogP contribution in [0, 0.1) is 13.8 Å². The van der Waals surface area contributed by atoms with Crippen LogP contribution in [0.3, 0.4) is 0 Å². The Kier molecular flexibility index (Phi) is 3.98. The van der Waals surface area contributed by atoms with Gasteiger partial charge in [0.25, 0.3) is 0 Å². The van der Waals surface area contributed by atoms with Gasteiger partial charge in [0.15, 0.2) is 0 Å². The third-order valence-electron chi connectivity index (χ3n) is 3.50. The molecule has 0 unspecified atom stereocenters. The third kappa shape index (κ3) is 3.11. The molecular formula is C19H17BrO. The molecule has 106 valence electrons. The second-order valence-corrected chi connectivity index (χ2v) is 6.18. The van der Waals surface area contributed by atoms with Gasteiger partial charge in [-0.15, -0.1) is 0 Å². The van der Waals surface area contributed by atoms with E-state index in [0.29, 0.717) is 6.61 Å². The SMILES string of the molecule is Cc1cc(C)cc(COc2ccc3ccccc3c2Br)c1. The maximum Gasteiger partial charge on any atom is 0.134 e. The van der Waals surface area contributed by atoms with Crippen molar-refractivity contribution in [3.63, 3.8) is 0 Å². The van der Waals surface area contributed by atoms with E-state index < -0.39 is 0 Å². The summed E-state index contributed by atoms with van der Waals surface area (Å²) >= 11 is 3.66. The van der Waals surface area contributed by atoms with Crippen molar-refractivity contribution >= 4 is 26.7 Å². The largest absolute Gasteiger partial charge is 0.488 e. The van der Waals surface area contributed by atoms with E-state index in [2.05, 4.69) is 66.2 Å². The Morgan fingerprint density at radius 2 is 1.62 bits per heavy atom. The van der Waals surface area contributed by atoms with E-state index >= 15 is 0 Å². The summed E-state index contributed by atoms with van der Waals surface area (Å²) in [4.78, 5) is 0. The molecule has 0 amide bonds. The molecule has 0 saturated heterocycles. The molecule has 2 heteroatoms. The molecule has 3 aromatic carbocycles. The quantitative estimate of drug-likeness (QED) is 0.585. The van der Waals surface area contributed by atoms with Gasteiger partial charge in [0.05, 0.1) is 4.47 Å². The Hall–Kier alpha value is -1.80. The smallest absolute Gasteiger partial charge is 0.134 e. The molecule has 0 bridgehead atoms. The van der Waals surface area contributed by atoms with Crippen molar-refractivity contribution in [2.75, 3.05) is 0 Å². The van der Waals surface area contributed by atoms with Gasteiger partial charge >= 0.3 is 0 Å². The van der Waals surface area contributed by atoms with Crippen molar-refractivity contribution < 1.29 is 4.74 Å². The summed E-state index contributed by atoms with van der Waals surface area (Å²) in [6.07, 6.45) is 0. The lowest BCUT2D eigenvalue weighted by molar-refractivity contribution is 0.304. The van der Waals surface area contributed by atoms with Crippen molar-refractivity contribution in [3.05, 3.63) is 75.8 Å². The van der Waals surface area contributed by atoms with Crippen LogP contribution in [0.1, 0.15) is 16.7 Å². The second-order valence-electron chi connectivity index (χ2n) is 5.38. The predicted molar refractivity (Wildman–Crippen MR) is 91.9 cm³/mol. The number of benzene rings is 3. The summed E-state index contributed by atoms with van der Waals surface area (Å²) in [6, 6.07) is 18.9. The zero-order chi connectivity index (χ0) is 14.8. The van der Waals surface area contributed by atoms with Crippen LogP contribution < -0.4 is 4.74 Å². The Labute approximate surface area is 133 Å². The Balaban J connectivity index is 1.86. The average Bonchev–Trinajstić information content (AvgIpc) is 2.46. The number of rotatable bonds is 3. The lowest BCUT2D eigenvalue weighted by atomic mass is 10.1. The lowest BCUT2D eigenvalue weighted by Crippen LogP contribution is -1.97. The van der Waals surface area contributed by atoms with Crippen LogP contribution in [0.5, 0.6) is 5.75 Å². The fraction of sp³-hybridized carbons (Fsp3) is 0.158. The van der Waals surface area contributed by atoms with Gasteiger partial charge in [-0.1, -0.05) is 59.7 Å². The van der Waals surface area contributed by atoms with Crippen LogP contribution >= 0.6 is 15.9 Å². The lowest BCUT2D eigenvalue weighted by Gasteiger charge is -2.11. The molecule has 0 spiro atoms. The summed E-state index contributed by atoms with van der Waals surface area (Å²) in [5.41, 5.74) is 3.74. The molecule has 0 radical (unpaired) electrons. The molecule has 3 aromatic rings. The van der Waals surface area contributed by atoms with E-state index in [1.54, 1.807) is 0 Å². The first-order valence-corrected chi connectivity index (χ1v) is 7.80. The van der Waals surface area contributed by atoms with Crippen LogP contribution in [0.25, 0.3) is 10.8 Å². The van der Waals surface area contributed by atoms with Gasteiger partial charge in [-0.05, 0) is 52.2 Å². The Morgan fingerprint density at radius 3 is 2.38 bits per heavy atom. The molecular weight excluding hydrogens is 324 g/mol. The van der Waals surface area contributed by atoms with Gasteiger partial charge < -0.3 is 4.74 Å². The zero-order valence-electron chi connectivity index (χ0n) is 12.2. The first kappa shape index (κ1) is 14.2. The van der Waals surface area contributed by atoms with Gasteiger partial charge in [0, 0.05) is 0 Å². The topological polar surface area (TPSA) is 9.23 Å². The third-order valence-corrected chi connectivity index (χ3v) is 4.32. The fourth-order valence-electron chi connectivity index (χ4n) is 2.64. The van der Waals surface area contributed by atoms with Crippen molar-refractivity contribution in [1.29, 1.82) is 0 Å². The Bertz CT molecular complexity index is 772. The number of ether oxygens (including phenoxy) is 1. The van der Waals surface area contributed by atoms with Crippen LogP contribution in [0.2, 0.25) is 0 Å². The number of aryl methyl sites for hydroxylation is 2. The van der Waals surface area contributed by atoms with Crippen LogP contribution in [-0.2, 0) is 6.61 Å². The summed E-state index contributed by atoms with van der Waals surface area (Å²) in [7, 11) is 0. The van der Waals surface area contributed by atoms with E-state index in [0.717, 1.165) is 10.2 Å². The first-order valence-electron chi connectivity index (χ1n) is 7.01. The van der Waals surface area contributed by atoms with Gasteiger partial charge in [-0.2, -0.15) is 0 Å². The van der Waals surface area contributed by atoms with E-state index in [1.807, 2.05) is 18.2 Å². The number of hydrogen-bond acceptors (Lipinski definition) is 1. The molecule has 0 aliphatic heterocycles. The first-order chi connectivity index (χ1) is 10.1. The highest BCUT2D eigenvalue weighted by Crippen LogP contribution is 2.33. The van der Waals surface area contributed by atoms with Gasteiger partial charge in [0.1, 0.15) is 12.4 Å². The highest BCUT2D eigenvalue weighted by Gasteiger charge is 2.06. The monoisotopic (exact) mass is 340 g/mol. The van der Waals surface area contributed by atoms with Crippen molar-refractivity contribution in [3.8, 4) is 5.75 Å². The van der Waals surface area contributed by atoms with Crippen molar-refractivity contribution in [1.82, 2.24) is 0 Å². The van der Waals surface area contributed by atoms with E-state index in [9.17, 15) is 0 Å². The van der Waals surface area contributed by atoms with Gasteiger partial charge in [0.2, 0.25) is 0 Å².